The molecule has 7 nitrogen and oxygen atoms in total. The SMILES string of the molecule is C=C(C)S/C(=C(/Oc1ccc(NS(=O)C(CCC)CCC)nc1OC)C(C)CC)c1ccnc(C)n1. The maximum Gasteiger partial charge on any atom is 0.259 e. The average Bonchev–Trinajstić information content (AvgIpc) is 2.85. The summed E-state index contributed by atoms with van der Waals surface area (Å²) >= 11 is 1.53. The van der Waals surface area contributed by atoms with Gasteiger partial charge in [0.15, 0.2) is 5.75 Å². The first-order valence-electron chi connectivity index (χ1n) is 12.5. The molecule has 9 heteroatoms. The lowest BCUT2D eigenvalue weighted by atomic mass is 10.1. The van der Waals surface area contributed by atoms with Crippen LogP contribution in [0.15, 0.2) is 41.6 Å². The molecule has 2 aromatic heterocycles. The third-order valence-corrected chi connectivity index (χ3v) is 7.99. The molecule has 0 aliphatic heterocycles. The van der Waals surface area contributed by atoms with Crippen molar-refractivity contribution >= 4 is 33.5 Å². The van der Waals surface area contributed by atoms with Crippen LogP contribution in [0.4, 0.5) is 5.82 Å². The fourth-order valence-electron chi connectivity index (χ4n) is 3.56. The van der Waals surface area contributed by atoms with E-state index in [2.05, 4.69) is 53.9 Å². The molecule has 2 aromatic rings. The molecular weight excluding hydrogens is 492 g/mol. The number of aromatic nitrogens is 3. The normalized spacial score (nSPS) is 13.7. The van der Waals surface area contributed by atoms with Crippen LogP contribution in [-0.4, -0.2) is 31.5 Å². The molecule has 0 spiro atoms. The van der Waals surface area contributed by atoms with Crippen LogP contribution in [0.1, 0.15) is 78.2 Å². The van der Waals surface area contributed by atoms with Gasteiger partial charge in [-0.3, -0.25) is 4.72 Å². The Morgan fingerprint density at radius 1 is 1.17 bits per heavy atom. The van der Waals surface area contributed by atoms with Crippen LogP contribution in [0.5, 0.6) is 11.6 Å². The molecule has 2 unspecified atom stereocenters. The van der Waals surface area contributed by atoms with E-state index in [1.54, 1.807) is 25.4 Å². The van der Waals surface area contributed by atoms with Gasteiger partial charge in [0.05, 0.1) is 23.0 Å². The monoisotopic (exact) mass is 532 g/mol. The van der Waals surface area contributed by atoms with E-state index in [-0.39, 0.29) is 11.2 Å². The molecule has 0 saturated heterocycles. The van der Waals surface area contributed by atoms with Gasteiger partial charge in [0.25, 0.3) is 5.88 Å². The van der Waals surface area contributed by atoms with E-state index < -0.39 is 11.0 Å². The van der Waals surface area contributed by atoms with Crippen LogP contribution in [0, 0.1) is 12.8 Å². The minimum Gasteiger partial charge on any atom is -0.478 e. The summed E-state index contributed by atoms with van der Waals surface area (Å²) in [7, 11) is 0.321. The maximum absolute atomic E-state index is 12.9. The van der Waals surface area contributed by atoms with Gasteiger partial charge < -0.3 is 9.47 Å². The van der Waals surface area contributed by atoms with Gasteiger partial charge in [-0.1, -0.05) is 58.9 Å². The first-order valence-corrected chi connectivity index (χ1v) is 14.5. The minimum absolute atomic E-state index is 0.0849. The van der Waals surface area contributed by atoms with Crippen molar-refractivity contribution in [2.75, 3.05) is 11.8 Å². The molecule has 0 aromatic carbocycles. The lowest BCUT2D eigenvalue weighted by molar-refractivity contribution is 0.320. The second-order valence-electron chi connectivity index (χ2n) is 8.70. The molecule has 36 heavy (non-hydrogen) atoms. The average molecular weight is 533 g/mol. The summed E-state index contributed by atoms with van der Waals surface area (Å²) in [4.78, 5) is 15.2. The number of pyridine rings is 1. The summed E-state index contributed by atoms with van der Waals surface area (Å²) in [5.41, 5.74) is 0.782. The van der Waals surface area contributed by atoms with Crippen molar-refractivity contribution < 1.29 is 13.7 Å². The summed E-state index contributed by atoms with van der Waals surface area (Å²) < 4.78 is 28.1. The van der Waals surface area contributed by atoms with Crippen LogP contribution in [0.3, 0.4) is 0 Å². The largest absolute Gasteiger partial charge is 0.478 e. The van der Waals surface area contributed by atoms with Gasteiger partial charge >= 0.3 is 0 Å². The highest BCUT2D eigenvalue weighted by atomic mass is 32.2. The van der Waals surface area contributed by atoms with Gasteiger partial charge in [-0.2, -0.15) is 4.98 Å². The predicted octanol–water partition coefficient (Wildman–Crippen LogP) is 7.29. The Hall–Kier alpha value is -2.39. The Morgan fingerprint density at radius 2 is 1.86 bits per heavy atom. The van der Waals surface area contributed by atoms with Crippen molar-refractivity contribution in [3.63, 3.8) is 0 Å². The molecule has 0 amide bonds. The Kier molecular flexibility index (Phi) is 12.4. The number of ether oxygens (including phenoxy) is 2. The fourth-order valence-corrected chi connectivity index (χ4v) is 5.85. The lowest BCUT2D eigenvalue weighted by Crippen LogP contribution is -2.21. The molecule has 2 atom stereocenters. The molecule has 0 aliphatic rings. The smallest absolute Gasteiger partial charge is 0.259 e. The molecule has 0 aliphatic carbocycles. The standard InChI is InChI=1S/C27H40N4O3S2/c1-9-12-21(13-10-2)36(32)31-24-15-14-23(27(30-24)33-8)34-25(19(6)11-3)26(35-18(4)5)22-16-17-28-20(7)29-22/h14-17,19,21H,4,9-13H2,1-3,5-8H3,(H,30,31)/b26-25+. The predicted molar refractivity (Wildman–Crippen MR) is 152 cm³/mol. The number of nitrogens with zero attached hydrogens (tertiary/aromatic N) is 3. The van der Waals surface area contributed by atoms with Crippen LogP contribution in [0.2, 0.25) is 0 Å². The molecule has 0 fully saturated rings. The highest BCUT2D eigenvalue weighted by molar-refractivity contribution is 8.11. The van der Waals surface area contributed by atoms with E-state index in [9.17, 15) is 4.21 Å². The molecule has 0 bridgehead atoms. The highest BCUT2D eigenvalue weighted by Gasteiger charge is 2.23. The maximum atomic E-state index is 12.9. The van der Waals surface area contributed by atoms with Gasteiger partial charge in [-0.15, -0.1) is 0 Å². The first-order chi connectivity index (χ1) is 17.2. The summed E-state index contributed by atoms with van der Waals surface area (Å²) in [5.74, 6) is 2.84. The lowest BCUT2D eigenvalue weighted by Gasteiger charge is -2.22. The van der Waals surface area contributed by atoms with Crippen molar-refractivity contribution in [3.05, 3.63) is 53.2 Å². The fraction of sp³-hybridized carbons (Fsp3) is 0.519. The number of allylic oxidation sites excluding steroid dienone is 2. The summed E-state index contributed by atoms with van der Waals surface area (Å²) in [6.07, 6.45) is 6.40. The van der Waals surface area contributed by atoms with Crippen molar-refractivity contribution in [2.24, 2.45) is 5.92 Å². The number of methoxy groups -OCH3 is 1. The number of thioether (sulfide) groups is 1. The van der Waals surface area contributed by atoms with Gasteiger partial charge in [0.2, 0.25) is 0 Å². The quantitative estimate of drug-likeness (QED) is 0.241. The molecule has 0 radical (unpaired) electrons. The van der Waals surface area contributed by atoms with Gasteiger partial charge in [0.1, 0.15) is 28.4 Å². The minimum atomic E-state index is -1.23. The van der Waals surface area contributed by atoms with E-state index in [1.807, 2.05) is 19.9 Å². The van der Waals surface area contributed by atoms with Crippen LogP contribution < -0.4 is 14.2 Å². The Labute approximate surface area is 223 Å². The molecule has 2 heterocycles. The van der Waals surface area contributed by atoms with E-state index in [0.29, 0.717) is 23.3 Å². The molecule has 2 rings (SSSR count). The highest BCUT2D eigenvalue weighted by Crippen LogP contribution is 2.40. The topological polar surface area (TPSA) is 86.2 Å². The van der Waals surface area contributed by atoms with E-state index >= 15 is 0 Å². The van der Waals surface area contributed by atoms with E-state index in [4.69, 9.17) is 9.47 Å². The number of hydrogen-bond acceptors (Lipinski definition) is 7. The third kappa shape index (κ3) is 8.62. The van der Waals surface area contributed by atoms with Crippen LogP contribution in [-0.2, 0) is 11.0 Å². The summed E-state index contributed by atoms with van der Waals surface area (Å²) in [6.45, 7) is 16.4. The second-order valence-corrected chi connectivity index (χ2v) is 11.5. The van der Waals surface area contributed by atoms with E-state index in [0.717, 1.165) is 53.4 Å². The Bertz CT molecular complexity index is 1070. The number of hydrogen-bond donors (Lipinski definition) is 1. The zero-order valence-electron chi connectivity index (χ0n) is 22.6. The molecule has 198 valence electrons. The van der Waals surface area contributed by atoms with Gasteiger partial charge in [-0.25, -0.2) is 14.2 Å². The number of nitrogens with one attached hydrogen (secondary N) is 1. The summed E-state index contributed by atoms with van der Waals surface area (Å²) in [6, 6.07) is 5.46. The van der Waals surface area contributed by atoms with Gasteiger partial charge in [-0.05, 0) is 56.2 Å². The zero-order valence-corrected chi connectivity index (χ0v) is 24.2. The Balaban J connectivity index is 2.46. The van der Waals surface area contributed by atoms with Crippen LogP contribution >= 0.6 is 11.8 Å². The molecule has 1 N–H and O–H groups in total. The van der Waals surface area contributed by atoms with Crippen molar-refractivity contribution in [1.29, 1.82) is 0 Å². The van der Waals surface area contributed by atoms with E-state index in [1.165, 1.54) is 11.8 Å². The molecular formula is C27H40N4O3S2. The first kappa shape index (κ1) is 29.8. The van der Waals surface area contributed by atoms with Crippen LogP contribution in [0.25, 0.3) is 4.91 Å². The third-order valence-electron chi connectivity index (χ3n) is 5.54. The number of aryl methyl sites for hydroxylation is 1. The summed E-state index contributed by atoms with van der Waals surface area (Å²) in [5, 5.41) is 0.0849. The number of anilines is 1. The van der Waals surface area contributed by atoms with Crippen molar-refractivity contribution in [1.82, 2.24) is 15.0 Å². The molecule has 0 saturated carbocycles. The van der Waals surface area contributed by atoms with Gasteiger partial charge in [0, 0.05) is 12.1 Å². The van der Waals surface area contributed by atoms with Crippen molar-refractivity contribution in [3.8, 4) is 11.6 Å². The Morgan fingerprint density at radius 3 is 2.42 bits per heavy atom. The number of rotatable bonds is 15. The zero-order chi connectivity index (χ0) is 26.7. The second kappa shape index (κ2) is 15.0. The van der Waals surface area contributed by atoms with Crippen molar-refractivity contribution in [2.45, 2.75) is 78.9 Å².